The van der Waals surface area contributed by atoms with Gasteiger partial charge < -0.3 is 4.90 Å². The van der Waals surface area contributed by atoms with Gasteiger partial charge in [-0.05, 0) is 52.9 Å². The largest absolute Gasteiger partial charge is 0.371 e. The molecular formula is C22H18Cl2N2. The van der Waals surface area contributed by atoms with Crippen LogP contribution < -0.4 is 4.90 Å². The number of hydrogen-bond acceptors (Lipinski definition) is 2. The van der Waals surface area contributed by atoms with Crippen molar-refractivity contribution in [3.63, 3.8) is 0 Å². The van der Waals surface area contributed by atoms with Crippen LogP contribution >= 0.6 is 23.2 Å². The Kier molecular flexibility index (Phi) is 3.73. The van der Waals surface area contributed by atoms with Crippen LogP contribution in [0.15, 0.2) is 60.9 Å². The predicted molar refractivity (Wildman–Crippen MR) is 108 cm³/mol. The maximum Gasteiger partial charge on any atom is 0.0447 e. The topological polar surface area (TPSA) is 16.1 Å². The van der Waals surface area contributed by atoms with Gasteiger partial charge in [0.2, 0.25) is 0 Å². The summed E-state index contributed by atoms with van der Waals surface area (Å²) in [6.07, 6.45) is 4.73. The highest BCUT2D eigenvalue weighted by molar-refractivity contribution is 6.32. The number of fused-ring (bicyclic) bond motifs is 1. The fraction of sp³-hybridized carbons (Fsp3) is 0.227. The summed E-state index contributed by atoms with van der Waals surface area (Å²) in [5, 5.41) is 1.73. The smallest absolute Gasteiger partial charge is 0.0447 e. The maximum atomic E-state index is 6.70. The first-order valence-electron chi connectivity index (χ1n) is 8.86. The Hall–Kier alpha value is -2.03. The van der Waals surface area contributed by atoms with Crippen molar-refractivity contribution < 1.29 is 0 Å². The van der Waals surface area contributed by atoms with Gasteiger partial charge in [-0.25, -0.2) is 0 Å². The molecule has 3 unspecified atom stereocenters. The predicted octanol–water partition coefficient (Wildman–Crippen LogP) is 5.87. The number of aromatic nitrogens is 1. The van der Waals surface area contributed by atoms with E-state index in [1.165, 1.54) is 27.9 Å². The second-order valence-electron chi connectivity index (χ2n) is 7.14. The monoisotopic (exact) mass is 380 g/mol. The van der Waals surface area contributed by atoms with Gasteiger partial charge in [-0.3, -0.25) is 4.98 Å². The summed E-state index contributed by atoms with van der Waals surface area (Å²) in [6.45, 7) is 0. The van der Waals surface area contributed by atoms with Crippen LogP contribution in [-0.2, 0) is 0 Å². The van der Waals surface area contributed by atoms with Gasteiger partial charge in [-0.2, -0.15) is 0 Å². The Labute approximate surface area is 163 Å². The summed E-state index contributed by atoms with van der Waals surface area (Å²) in [4.78, 5) is 6.52. The Morgan fingerprint density at radius 2 is 1.54 bits per heavy atom. The van der Waals surface area contributed by atoms with Crippen LogP contribution in [0.25, 0.3) is 0 Å². The summed E-state index contributed by atoms with van der Waals surface area (Å²) in [7, 11) is 2.17. The lowest BCUT2D eigenvalue weighted by Gasteiger charge is -2.49. The quantitative estimate of drug-likeness (QED) is 0.552. The van der Waals surface area contributed by atoms with E-state index in [2.05, 4.69) is 53.3 Å². The van der Waals surface area contributed by atoms with Crippen LogP contribution in [0.2, 0.25) is 10.0 Å². The molecule has 4 heteroatoms. The number of likely N-dealkylation sites (N-methyl/N-ethyl adjacent to an activating group) is 1. The molecule has 3 aliphatic carbocycles. The molecule has 0 aliphatic heterocycles. The van der Waals surface area contributed by atoms with E-state index < -0.39 is 0 Å². The standard InChI is InChI=1S/C22H18Cl2N2/c1-26(13-8-10-25-11-9-13)19-12-16-14-4-2-7-18(24)21(14)22(19)15-5-3-6-17(23)20(15)16/h2-11,16,19,22H,12H2,1H3. The molecule has 2 aromatic carbocycles. The Bertz CT molecular complexity index is 987. The zero-order valence-corrected chi connectivity index (χ0v) is 15.9. The van der Waals surface area contributed by atoms with Crippen LogP contribution in [-0.4, -0.2) is 18.1 Å². The summed E-state index contributed by atoms with van der Waals surface area (Å²) in [5.41, 5.74) is 6.39. The number of pyridine rings is 1. The molecule has 6 rings (SSSR count). The highest BCUT2D eigenvalue weighted by atomic mass is 35.5. The normalized spacial score (nSPS) is 22.7. The highest BCUT2D eigenvalue weighted by Gasteiger charge is 2.46. The van der Waals surface area contributed by atoms with E-state index >= 15 is 0 Å². The van der Waals surface area contributed by atoms with Crippen molar-refractivity contribution >= 4 is 28.9 Å². The van der Waals surface area contributed by atoms with Crippen LogP contribution in [0.3, 0.4) is 0 Å². The van der Waals surface area contributed by atoms with E-state index in [-0.39, 0.29) is 11.8 Å². The molecule has 1 heterocycles. The third-order valence-corrected chi connectivity index (χ3v) is 6.63. The second-order valence-corrected chi connectivity index (χ2v) is 7.95. The van der Waals surface area contributed by atoms with Crippen molar-refractivity contribution in [3.8, 4) is 0 Å². The van der Waals surface area contributed by atoms with Gasteiger partial charge in [-0.15, -0.1) is 0 Å². The molecule has 0 spiro atoms. The number of hydrogen-bond donors (Lipinski definition) is 0. The first-order valence-corrected chi connectivity index (χ1v) is 9.62. The highest BCUT2D eigenvalue weighted by Crippen LogP contribution is 2.57. The summed E-state index contributed by atoms with van der Waals surface area (Å²) in [5.74, 6) is 0.502. The number of halogens is 2. The minimum absolute atomic E-state index is 0.218. The van der Waals surface area contributed by atoms with Gasteiger partial charge in [0.05, 0.1) is 0 Å². The first kappa shape index (κ1) is 16.2. The van der Waals surface area contributed by atoms with Crippen molar-refractivity contribution in [3.05, 3.63) is 93.2 Å². The fourth-order valence-corrected chi connectivity index (χ4v) is 5.48. The SMILES string of the molecule is CN(c1ccncc1)C1CC2c3cccc(Cl)c3C1c1cccc(Cl)c12. The molecule has 3 aliphatic rings. The number of rotatable bonds is 2. The van der Waals surface area contributed by atoms with E-state index in [0.29, 0.717) is 6.04 Å². The third-order valence-electron chi connectivity index (χ3n) is 5.97. The lowest BCUT2D eigenvalue weighted by molar-refractivity contribution is 0.432. The fourth-order valence-electron chi connectivity index (χ4n) is 4.86. The van der Waals surface area contributed by atoms with Crippen LogP contribution in [0.5, 0.6) is 0 Å². The lowest BCUT2D eigenvalue weighted by atomic mass is 9.61. The molecule has 0 amide bonds. The third kappa shape index (κ3) is 2.22. The van der Waals surface area contributed by atoms with Crippen molar-refractivity contribution in [1.82, 2.24) is 4.98 Å². The van der Waals surface area contributed by atoms with Crippen molar-refractivity contribution in [1.29, 1.82) is 0 Å². The summed E-state index contributed by atoms with van der Waals surface area (Å²) in [6, 6.07) is 17.0. The van der Waals surface area contributed by atoms with E-state index in [9.17, 15) is 0 Å². The summed E-state index contributed by atoms with van der Waals surface area (Å²) < 4.78 is 0. The molecule has 0 saturated heterocycles. The number of anilines is 1. The van der Waals surface area contributed by atoms with Crippen LogP contribution in [0.1, 0.15) is 40.5 Å². The van der Waals surface area contributed by atoms with Gasteiger partial charge in [0, 0.05) is 53.1 Å². The number of benzene rings is 2. The van der Waals surface area contributed by atoms with Crippen LogP contribution in [0.4, 0.5) is 5.69 Å². The number of nitrogens with zero attached hydrogens (tertiary/aromatic N) is 2. The lowest BCUT2D eigenvalue weighted by Crippen LogP contribution is -2.45. The minimum Gasteiger partial charge on any atom is -0.371 e. The minimum atomic E-state index is 0.218. The maximum absolute atomic E-state index is 6.70. The molecule has 3 atom stereocenters. The molecule has 3 aromatic rings. The Balaban J connectivity index is 1.71. The van der Waals surface area contributed by atoms with E-state index in [1.807, 2.05) is 24.5 Å². The average molecular weight is 381 g/mol. The molecule has 130 valence electrons. The van der Waals surface area contributed by atoms with E-state index in [1.54, 1.807) is 0 Å². The molecule has 2 bridgehead atoms. The van der Waals surface area contributed by atoms with Crippen LogP contribution in [0, 0.1) is 0 Å². The van der Waals surface area contributed by atoms with E-state index in [0.717, 1.165) is 16.5 Å². The molecular weight excluding hydrogens is 363 g/mol. The Morgan fingerprint density at radius 3 is 2.27 bits per heavy atom. The molecule has 1 aromatic heterocycles. The van der Waals surface area contributed by atoms with Gasteiger partial charge in [0.15, 0.2) is 0 Å². The van der Waals surface area contributed by atoms with Gasteiger partial charge in [0.1, 0.15) is 0 Å². The average Bonchev–Trinajstić information content (AvgIpc) is 2.68. The molecule has 0 fully saturated rings. The second kappa shape index (κ2) is 6.00. The molecule has 0 N–H and O–H groups in total. The summed E-state index contributed by atoms with van der Waals surface area (Å²) >= 11 is 13.3. The Morgan fingerprint density at radius 1 is 0.885 bits per heavy atom. The van der Waals surface area contributed by atoms with Crippen molar-refractivity contribution in [2.24, 2.45) is 0 Å². The van der Waals surface area contributed by atoms with Gasteiger partial charge in [0.25, 0.3) is 0 Å². The van der Waals surface area contributed by atoms with Crippen molar-refractivity contribution in [2.75, 3.05) is 11.9 Å². The van der Waals surface area contributed by atoms with E-state index in [4.69, 9.17) is 23.2 Å². The molecule has 2 nitrogen and oxygen atoms in total. The molecule has 26 heavy (non-hydrogen) atoms. The van der Waals surface area contributed by atoms with Gasteiger partial charge >= 0.3 is 0 Å². The van der Waals surface area contributed by atoms with Gasteiger partial charge in [-0.1, -0.05) is 47.5 Å². The first-order chi connectivity index (χ1) is 12.7. The van der Waals surface area contributed by atoms with Crippen molar-refractivity contribution in [2.45, 2.75) is 24.3 Å². The zero-order valence-electron chi connectivity index (χ0n) is 14.4. The molecule has 0 saturated carbocycles. The molecule has 0 radical (unpaired) electrons. The zero-order chi connectivity index (χ0) is 17.8.